The zero-order chi connectivity index (χ0) is 8.84. The van der Waals surface area contributed by atoms with Crippen molar-refractivity contribution < 1.29 is 0 Å². The zero-order valence-corrected chi connectivity index (χ0v) is 8.71. The maximum atomic E-state index is 2.80. The minimum absolute atomic E-state index is 0.976. The van der Waals surface area contributed by atoms with Crippen LogP contribution in [0.5, 0.6) is 0 Å². The summed E-state index contributed by atoms with van der Waals surface area (Å²) in [4.78, 5) is 2.80. The largest absolute Gasteiger partial charge is 0.300 e. The van der Waals surface area contributed by atoms with Gasteiger partial charge in [-0.1, -0.05) is 6.92 Å². The van der Waals surface area contributed by atoms with Crippen LogP contribution in [0.2, 0.25) is 0 Å². The molecule has 0 radical (unpaired) electrons. The van der Waals surface area contributed by atoms with E-state index in [1.807, 2.05) is 0 Å². The maximum Gasteiger partial charge on any atom is 0.00956 e. The molecular formula is C12H21N. The molecule has 1 heterocycles. The van der Waals surface area contributed by atoms with E-state index in [0.717, 1.165) is 23.8 Å². The molecule has 2 atom stereocenters. The van der Waals surface area contributed by atoms with Gasteiger partial charge in [-0.2, -0.15) is 0 Å². The lowest BCUT2D eigenvalue weighted by Gasteiger charge is -2.34. The summed E-state index contributed by atoms with van der Waals surface area (Å²) in [6, 6.07) is 0.976. The van der Waals surface area contributed by atoms with Crippen LogP contribution < -0.4 is 0 Å². The van der Waals surface area contributed by atoms with Crippen molar-refractivity contribution in [1.29, 1.82) is 0 Å². The molecule has 3 fully saturated rings. The quantitative estimate of drug-likeness (QED) is 0.598. The van der Waals surface area contributed by atoms with Gasteiger partial charge in [0.2, 0.25) is 0 Å². The number of hydrogen-bond acceptors (Lipinski definition) is 1. The van der Waals surface area contributed by atoms with E-state index < -0.39 is 0 Å². The van der Waals surface area contributed by atoms with E-state index in [1.54, 1.807) is 6.42 Å². The lowest BCUT2D eigenvalue weighted by atomic mass is 9.86. The second-order valence-corrected chi connectivity index (χ2v) is 5.62. The highest BCUT2D eigenvalue weighted by atomic mass is 15.2. The average Bonchev–Trinajstić information content (AvgIpc) is 2.75. The highest BCUT2D eigenvalue weighted by Crippen LogP contribution is 2.46. The van der Waals surface area contributed by atoms with Crippen LogP contribution in [-0.2, 0) is 0 Å². The molecule has 1 heteroatoms. The van der Waals surface area contributed by atoms with Gasteiger partial charge in [0, 0.05) is 19.1 Å². The minimum Gasteiger partial charge on any atom is -0.300 e. The molecule has 0 bridgehead atoms. The summed E-state index contributed by atoms with van der Waals surface area (Å²) in [5.74, 6) is 3.26. The lowest BCUT2D eigenvalue weighted by Crippen LogP contribution is -2.37. The predicted molar refractivity (Wildman–Crippen MR) is 54.6 cm³/mol. The van der Waals surface area contributed by atoms with E-state index in [9.17, 15) is 0 Å². The Morgan fingerprint density at radius 3 is 2.15 bits per heavy atom. The van der Waals surface area contributed by atoms with Crippen LogP contribution in [0.15, 0.2) is 0 Å². The molecule has 74 valence electrons. The zero-order valence-electron chi connectivity index (χ0n) is 8.71. The van der Waals surface area contributed by atoms with Crippen LogP contribution in [0.1, 0.15) is 39.0 Å². The average molecular weight is 179 g/mol. The third-order valence-electron chi connectivity index (χ3n) is 4.51. The van der Waals surface area contributed by atoms with Gasteiger partial charge in [0.25, 0.3) is 0 Å². The third kappa shape index (κ3) is 1.52. The van der Waals surface area contributed by atoms with Gasteiger partial charge in [0.15, 0.2) is 0 Å². The van der Waals surface area contributed by atoms with Gasteiger partial charge in [-0.25, -0.2) is 0 Å². The van der Waals surface area contributed by atoms with E-state index in [1.165, 1.54) is 38.8 Å². The number of rotatable bonds is 1. The summed E-state index contributed by atoms with van der Waals surface area (Å²) in [6.07, 6.45) is 7.49. The molecule has 0 spiro atoms. The van der Waals surface area contributed by atoms with E-state index in [-0.39, 0.29) is 0 Å². The normalized spacial score (nSPS) is 50.5. The molecule has 1 aliphatic heterocycles. The molecule has 3 rings (SSSR count). The van der Waals surface area contributed by atoms with Crippen molar-refractivity contribution in [1.82, 2.24) is 4.90 Å². The van der Waals surface area contributed by atoms with E-state index >= 15 is 0 Å². The highest BCUT2D eigenvalue weighted by molar-refractivity contribution is 4.99. The van der Waals surface area contributed by atoms with Gasteiger partial charge in [0.1, 0.15) is 0 Å². The van der Waals surface area contributed by atoms with Crippen LogP contribution in [-0.4, -0.2) is 24.0 Å². The van der Waals surface area contributed by atoms with E-state index in [0.29, 0.717) is 0 Å². The van der Waals surface area contributed by atoms with E-state index in [4.69, 9.17) is 0 Å². The topological polar surface area (TPSA) is 3.24 Å². The van der Waals surface area contributed by atoms with Gasteiger partial charge in [0.05, 0.1) is 0 Å². The first-order valence-corrected chi connectivity index (χ1v) is 6.07. The van der Waals surface area contributed by atoms with Gasteiger partial charge in [-0.15, -0.1) is 0 Å². The molecule has 13 heavy (non-hydrogen) atoms. The second-order valence-electron chi connectivity index (χ2n) is 5.62. The fourth-order valence-corrected chi connectivity index (χ4v) is 3.34. The molecule has 0 amide bonds. The monoisotopic (exact) mass is 179 g/mol. The van der Waals surface area contributed by atoms with Crippen LogP contribution in [0.4, 0.5) is 0 Å². The fraction of sp³-hybridized carbons (Fsp3) is 1.00. The van der Waals surface area contributed by atoms with Crippen LogP contribution in [0, 0.1) is 17.8 Å². The summed E-state index contributed by atoms with van der Waals surface area (Å²) >= 11 is 0. The fourth-order valence-electron chi connectivity index (χ4n) is 3.34. The Morgan fingerprint density at radius 2 is 1.54 bits per heavy atom. The Bertz CT molecular complexity index is 183. The molecule has 0 N–H and O–H groups in total. The van der Waals surface area contributed by atoms with Crippen LogP contribution in [0.25, 0.3) is 0 Å². The second kappa shape index (κ2) is 2.98. The number of fused-ring (bicyclic) bond motifs is 1. The highest BCUT2D eigenvalue weighted by Gasteiger charge is 2.46. The van der Waals surface area contributed by atoms with Crippen LogP contribution >= 0.6 is 0 Å². The number of likely N-dealkylation sites (tertiary alicyclic amines) is 1. The van der Waals surface area contributed by atoms with Crippen molar-refractivity contribution in [2.45, 2.75) is 45.1 Å². The first-order chi connectivity index (χ1) is 6.33. The van der Waals surface area contributed by atoms with Gasteiger partial charge >= 0.3 is 0 Å². The molecule has 0 aromatic rings. The summed E-state index contributed by atoms with van der Waals surface area (Å²) in [5, 5.41) is 0. The molecule has 2 saturated carbocycles. The van der Waals surface area contributed by atoms with Crippen molar-refractivity contribution >= 4 is 0 Å². The molecule has 2 aliphatic carbocycles. The number of nitrogens with zero attached hydrogens (tertiary/aromatic N) is 1. The Kier molecular flexibility index (Phi) is 1.90. The van der Waals surface area contributed by atoms with Crippen molar-refractivity contribution in [3.05, 3.63) is 0 Å². The summed E-state index contributed by atoms with van der Waals surface area (Å²) < 4.78 is 0. The number of hydrogen-bond donors (Lipinski definition) is 0. The van der Waals surface area contributed by atoms with Crippen molar-refractivity contribution in [3.8, 4) is 0 Å². The van der Waals surface area contributed by atoms with E-state index in [2.05, 4.69) is 11.8 Å². The van der Waals surface area contributed by atoms with Gasteiger partial charge in [-0.3, -0.25) is 4.90 Å². The summed E-state index contributed by atoms with van der Waals surface area (Å²) in [6.45, 7) is 5.31. The molecule has 3 aliphatic rings. The first kappa shape index (κ1) is 8.28. The Hall–Kier alpha value is -0.0400. The minimum atomic E-state index is 0.976. The molecule has 1 nitrogen and oxygen atoms in total. The smallest absolute Gasteiger partial charge is 0.00956 e. The Morgan fingerprint density at radius 1 is 0.923 bits per heavy atom. The molecule has 2 unspecified atom stereocenters. The predicted octanol–water partition coefficient (Wildman–Crippen LogP) is 2.52. The summed E-state index contributed by atoms with van der Waals surface area (Å²) in [7, 11) is 0. The van der Waals surface area contributed by atoms with Gasteiger partial charge < -0.3 is 0 Å². The Balaban J connectivity index is 1.54. The van der Waals surface area contributed by atoms with Crippen molar-refractivity contribution in [3.63, 3.8) is 0 Å². The third-order valence-corrected chi connectivity index (χ3v) is 4.51. The Labute approximate surface area is 81.5 Å². The van der Waals surface area contributed by atoms with Crippen molar-refractivity contribution in [2.24, 2.45) is 17.8 Å². The van der Waals surface area contributed by atoms with Crippen LogP contribution in [0.3, 0.4) is 0 Å². The van der Waals surface area contributed by atoms with Crippen molar-refractivity contribution in [2.75, 3.05) is 13.1 Å². The number of piperidine rings is 1. The molecular weight excluding hydrogens is 158 g/mol. The standard InChI is InChI=1S/C12H21N/c1-9-2-4-12(5-3-9)13-7-10-6-11(10)8-13/h9-12H,2-8H2,1H3. The summed E-state index contributed by atoms with van der Waals surface area (Å²) in [5.41, 5.74) is 0. The maximum absolute atomic E-state index is 2.80. The molecule has 0 aromatic heterocycles. The SMILES string of the molecule is CC1CCC(N2CC3CC3C2)CC1. The lowest BCUT2D eigenvalue weighted by molar-refractivity contribution is 0.155. The first-order valence-electron chi connectivity index (χ1n) is 6.07. The molecule has 1 saturated heterocycles. The van der Waals surface area contributed by atoms with Gasteiger partial charge in [-0.05, 0) is 49.9 Å². The molecule has 0 aromatic carbocycles.